The second-order valence-corrected chi connectivity index (χ2v) is 11.2. The average Bonchev–Trinajstić information content (AvgIpc) is 2.50. The maximum atomic E-state index is 5.96. The first-order valence-electron chi connectivity index (χ1n) is 10.4. The Morgan fingerprint density at radius 1 is 0.519 bits per heavy atom. The van der Waals surface area contributed by atoms with Gasteiger partial charge in [-0.05, 0) is 36.8 Å². The van der Waals surface area contributed by atoms with E-state index in [0.29, 0.717) is 52.7 Å². The lowest BCUT2D eigenvalue weighted by Crippen LogP contribution is -2.36. The van der Waals surface area contributed by atoms with E-state index in [1.165, 1.54) is 0 Å². The van der Waals surface area contributed by atoms with Crippen molar-refractivity contribution >= 4 is 0 Å². The van der Waals surface area contributed by atoms with Gasteiger partial charge in [-0.2, -0.15) is 0 Å². The molecule has 0 amide bonds. The summed E-state index contributed by atoms with van der Waals surface area (Å²) in [6.07, 6.45) is 2.08. The van der Waals surface area contributed by atoms with Crippen molar-refractivity contribution in [1.82, 2.24) is 0 Å². The van der Waals surface area contributed by atoms with Gasteiger partial charge in [-0.15, -0.1) is 0 Å². The normalized spacial score (nSPS) is 17.6. The fraction of sp³-hybridized carbons (Fsp3) is 1.00. The van der Waals surface area contributed by atoms with Gasteiger partial charge in [-0.1, -0.05) is 55.4 Å². The van der Waals surface area contributed by atoms with Gasteiger partial charge in [-0.3, -0.25) is 0 Å². The summed E-state index contributed by atoms with van der Waals surface area (Å²) < 4.78 is 17.2. The van der Waals surface area contributed by atoms with Crippen LogP contribution in [0, 0.1) is 21.7 Å². The molecule has 2 atom stereocenters. The third-order valence-corrected chi connectivity index (χ3v) is 4.54. The highest BCUT2D eigenvalue weighted by Gasteiger charge is 2.30. The summed E-state index contributed by atoms with van der Waals surface area (Å²) >= 11 is 0. The van der Waals surface area contributed by atoms with Gasteiger partial charge in [-0.25, -0.2) is 0 Å². The van der Waals surface area contributed by atoms with Crippen LogP contribution in [0.15, 0.2) is 0 Å². The van der Waals surface area contributed by atoms with Gasteiger partial charge >= 0.3 is 0 Å². The monoisotopic (exact) mass is 388 g/mol. The molecule has 0 aliphatic carbocycles. The minimum atomic E-state index is 0.0150. The summed E-state index contributed by atoms with van der Waals surface area (Å²) in [6.45, 7) is 22.7. The van der Waals surface area contributed by atoms with E-state index < -0.39 is 0 Å². The molecule has 2 unspecified atom stereocenters. The maximum absolute atomic E-state index is 5.96. The van der Waals surface area contributed by atoms with Crippen molar-refractivity contribution in [2.24, 2.45) is 33.1 Å². The van der Waals surface area contributed by atoms with Crippen molar-refractivity contribution in [3.8, 4) is 0 Å². The Bertz CT molecular complexity index is 354. The first-order chi connectivity index (χ1) is 12.2. The van der Waals surface area contributed by atoms with Crippen LogP contribution in [0.1, 0.15) is 68.2 Å². The molecule has 0 aliphatic heterocycles. The number of rotatable bonds is 14. The predicted octanol–water partition coefficient (Wildman–Crippen LogP) is 3.84. The molecular formula is C22H48N2O3. The standard InChI is InChI=1S/C22H48N2O3/c1-19(2,3)13-21(7,15-23)17-26-11-9-25-10-12-27-18-22(8,16-24)14-20(4,5)6/h9-18,23-24H2,1-8H3. The lowest BCUT2D eigenvalue weighted by molar-refractivity contribution is -0.0258. The topological polar surface area (TPSA) is 79.7 Å². The van der Waals surface area contributed by atoms with Crippen LogP contribution in [-0.4, -0.2) is 52.7 Å². The third kappa shape index (κ3) is 14.5. The minimum absolute atomic E-state index is 0.0150. The Balaban J connectivity index is 3.86. The van der Waals surface area contributed by atoms with Crippen molar-refractivity contribution < 1.29 is 14.2 Å². The second kappa shape index (κ2) is 11.7. The second-order valence-electron chi connectivity index (χ2n) is 11.2. The maximum Gasteiger partial charge on any atom is 0.0701 e. The Hall–Kier alpha value is -0.200. The molecule has 5 nitrogen and oxygen atoms in total. The SMILES string of the molecule is CC(C)(C)CC(C)(CN)COCCOCCOCC(C)(CN)CC(C)(C)C. The Morgan fingerprint density at radius 2 is 0.815 bits per heavy atom. The molecule has 0 aliphatic rings. The van der Waals surface area contributed by atoms with Crippen LogP contribution in [0.3, 0.4) is 0 Å². The van der Waals surface area contributed by atoms with Crippen molar-refractivity contribution in [2.75, 3.05) is 52.7 Å². The molecule has 0 heterocycles. The molecule has 5 heteroatoms. The van der Waals surface area contributed by atoms with Crippen LogP contribution in [-0.2, 0) is 14.2 Å². The number of ether oxygens (including phenoxy) is 3. The molecule has 0 aromatic rings. The van der Waals surface area contributed by atoms with E-state index in [4.69, 9.17) is 25.7 Å². The average molecular weight is 389 g/mol. The van der Waals surface area contributed by atoms with Gasteiger partial charge in [0.15, 0.2) is 0 Å². The molecule has 0 saturated carbocycles. The fourth-order valence-corrected chi connectivity index (χ4v) is 3.90. The number of hydrogen-bond donors (Lipinski definition) is 2. The largest absolute Gasteiger partial charge is 0.378 e. The summed E-state index contributed by atoms with van der Waals surface area (Å²) in [4.78, 5) is 0. The molecular weight excluding hydrogens is 340 g/mol. The van der Waals surface area contributed by atoms with Crippen molar-refractivity contribution in [3.63, 3.8) is 0 Å². The van der Waals surface area contributed by atoms with Crippen molar-refractivity contribution in [3.05, 3.63) is 0 Å². The van der Waals surface area contributed by atoms with Gasteiger partial charge in [0.25, 0.3) is 0 Å². The van der Waals surface area contributed by atoms with Crippen LogP contribution >= 0.6 is 0 Å². The lowest BCUT2D eigenvalue weighted by atomic mass is 9.75. The highest BCUT2D eigenvalue weighted by molar-refractivity contribution is 4.81. The minimum Gasteiger partial charge on any atom is -0.378 e. The van der Waals surface area contributed by atoms with E-state index in [1.807, 2.05) is 0 Å². The third-order valence-electron chi connectivity index (χ3n) is 4.54. The first-order valence-corrected chi connectivity index (χ1v) is 10.4. The smallest absolute Gasteiger partial charge is 0.0701 e. The zero-order valence-electron chi connectivity index (χ0n) is 19.5. The number of nitrogens with two attached hydrogens (primary N) is 2. The molecule has 0 aromatic carbocycles. The first kappa shape index (κ1) is 26.8. The van der Waals surface area contributed by atoms with Crippen molar-refractivity contribution in [1.29, 1.82) is 0 Å². The Kier molecular flexibility index (Phi) is 11.6. The molecule has 0 rings (SSSR count). The lowest BCUT2D eigenvalue weighted by Gasteiger charge is -2.34. The van der Waals surface area contributed by atoms with Gasteiger partial charge < -0.3 is 25.7 Å². The van der Waals surface area contributed by atoms with E-state index >= 15 is 0 Å². The molecule has 0 radical (unpaired) electrons. The van der Waals surface area contributed by atoms with E-state index in [0.717, 1.165) is 12.8 Å². The Labute approximate surface area is 168 Å². The molecule has 0 saturated heterocycles. The number of hydrogen-bond acceptors (Lipinski definition) is 5. The highest BCUT2D eigenvalue weighted by atomic mass is 16.5. The molecule has 0 bridgehead atoms. The van der Waals surface area contributed by atoms with Gasteiger partial charge in [0.05, 0.1) is 39.6 Å². The molecule has 0 spiro atoms. The zero-order valence-corrected chi connectivity index (χ0v) is 19.5. The van der Waals surface area contributed by atoms with Crippen LogP contribution in [0.25, 0.3) is 0 Å². The van der Waals surface area contributed by atoms with E-state index in [1.54, 1.807) is 0 Å². The summed E-state index contributed by atoms with van der Waals surface area (Å²) in [5.74, 6) is 0. The van der Waals surface area contributed by atoms with Gasteiger partial charge in [0.1, 0.15) is 0 Å². The quantitative estimate of drug-likeness (QED) is 0.442. The van der Waals surface area contributed by atoms with E-state index in [9.17, 15) is 0 Å². The molecule has 4 N–H and O–H groups in total. The van der Waals surface area contributed by atoms with E-state index in [2.05, 4.69) is 55.4 Å². The van der Waals surface area contributed by atoms with Gasteiger partial charge in [0.2, 0.25) is 0 Å². The molecule has 0 aromatic heterocycles. The molecule has 0 fully saturated rings. The van der Waals surface area contributed by atoms with Crippen LogP contribution < -0.4 is 11.5 Å². The fourth-order valence-electron chi connectivity index (χ4n) is 3.90. The zero-order chi connectivity index (χ0) is 21.2. The van der Waals surface area contributed by atoms with E-state index in [-0.39, 0.29) is 21.7 Å². The predicted molar refractivity (Wildman–Crippen MR) is 115 cm³/mol. The van der Waals surface area contributed by atoms with Crippen LogP contribution in [0.2, 0.25) is 0 Å². The van der Waals surface area contributed by atoms with Crippen LogP contribution in [0.5, 0.6) is 0 Å². The Morgan fingerprint density at radius 3 is 1.07 bits per heavy atom. The van der Waals surface area contributed by atoms with Crippen molar-refractivity contribution in [2.45, 2.75) is 68.2 Å². The van der Waals surface area contributed by atoms with Gasteiger partial charge in [0, 0.05) is 10.8 Å². The molecule has 164 valence electrons. The summed E-state index contributed by atoms with van der Waals surface area (Å²) in [7, 11) is 0. The molecule has 27 heavy (non-hydrogen) atoms. The highest BCUT2D eigenvalue weighted by Crippen LogP contribution is 2.33. The summed E-state index contributed by atoms with van der Waals surface area (Å²) in [6, 6.07) is 0. The van der Waals surface area contributed by atoms with Crippen LogP contribution in [0.4, 0.5) is 0 Å². The summed E-state index contributed by atoms with van der Waals surface area (Å²) in [5, 5.41) is 0. The summed E-state index contributed by atoms with van der Waals surface area (Å²) in [5.41, 5.74) is 12.4.